The minimum absolute atomic E-state index is 0.00257. The van der Waals surface area contributed by atoms with E-state index in [9.17, 15) is 9.59 Å². The number of ether oxygens (including phenoxy) is 3. The number of aryl methyl sites for hydroxylation is 1. The molecule has 0 radical (unpaired) electrons. The van der Waals surface area contributed by atoms with Crippen LogP contribution in [0.2, 0.25) is 0 Å². The molecule has 0 aromatic heterocycles. The summed E-state index contributed by atoms with van der Waals surface area (Å²) in [5.41, 5.74) is 3.10. The van der Waals surface area contributed by atoms with Crippen LogP contribution in [0, 0.1) is 5.92 Å². The second kappa shape index (κ2) is 8.88. The predicted octanol–water partition coefficient (Wildman–Crippen LogP) is 3.26. The van der Waals surface area contributed by atoms with Gasteiger partial charge in [0.1, 0.15) is 0 Å². The SMILES string of the molecule is COc1cc(N2CC(C(=O)NC3CCCc4ccccc43)CC2=O)cc(OC)c1OC. The molecule has 31 heavy (non-hydrogen) atoms. The van der Waals surface area contributed by atoms with Crippen molar-refractivity contribution in [3.8, 4) is 17.2 Å². The molecular formula is C24H28N2O5. The van der Waals surface area contributed by atoms with Crippen molar-refractivity contribution in [1.29, 1.82) is 0 Å². The van der Waals surface area contributed by atoms with E-state index < -0.39 is 5.92 Å². The highest BCUT2D eigenvalue weighted by atomic mass is 16.5. The Hall–Kier alpha value is -3.22. The van der Waals surface area contributed by atoms with Gasteiger partial charge in [-0.05, 0) is 30.4 Å². The van der Waals surface area contributed by atoms with Crippen molar-refractivity contribution in [2.45, 2.75) is 31.7 Å². The Kier molecular flexibility index (Phi) is 6.02. The Morgan fingerprint density at radius 1 is 1.06 bits per heavy atom. The number of rotatable bonds is 6. The number of methoxy groups -OCH3 is 3. The zero-order valence-electron chi connectivity index (χ0n) is 18.1. The number of nitrogens with one attached hydrogen (secondary N) is 1. The van der Waals surface area contributed by atoms with Gasteiger partial charge >= 0.3 is 0 Å². The molecule has 1 aliphatic heterocycles. The van der Waals surface area contributed by atoms with Crippen molar-refractivity contribution in [2.24, 2.45) is 5.92 Å². The fourth-order valence-electron chi connectivity index (χ4n) is 4.55. The van der Waals surface area contributed by atoms with Crippen LogP contribution in [0.25, 0.3) is 0 Å². The molecule has 1 aliphatic carbocycles. The van der Waals surface area contributed by atoms with Gasteiger partial charge in [-0.25, -0.2) is 0 Å². The molecule has 2 unspecified atom stereocenters. The summed E-state index contributed by atoms with van der Waals surface area (Å²) in [7, 11) is 4.60. The lowest BCUT2D eigenvalue weighted by atomic mass is 9.87. The summed E-state index contributed by atoms with van der Waals surface area (Å²) >= 11 is 0. The number of carbonyl (C=O) groups excluding carboxylic acids is 2. The van der Waals surface area contributed by atoms with Crippen LogP contribution in [-0.2, 0) is 16.0 Å². The van der Waals surface area contributed by atoms with E-state index in [0.29, 0.717) is 29.5 Å². The van der Waals surface area contributed by atoms with E-state index in [2.05, 4.69) is 17.4 Å². The topological polar surface area (TPSA) is 77.1 Å². The first-order valence-corrected chi connectivity index (χ1v) is 10.5. The molecule has 2 aromatic rings. The Bertz CT molecular complexity index is 965. The number of anilines is 1. The number of hydrogen-bond donors (Lipinski definition) is 1. The number of fused-ring (bicyclic) bond motifs is 1. The molecule has 1 fully saturated rings. The third-order valence-corrected chi connectivity index (χ3v) is 6.14. The van der Waals surface area contributed by atoms with Gasteiger partial charge in [0.05, 0.1) is 39.0 Å². The molecule has 2 aliphatic rings. The number of hydrogen-bond acceptors (Lipinski definition) is 5. The van der Waals surface area contributed by atoms with Crippen molar-refractivity contribution < 1.29 is 23.8 Å². The monoisotopic (exact) mass is 424 g/mol. The molecule has 4 rings (SSSR count). The standard InChI is InChI=1S/C24H28N2O5/c1-29-20-12-17(13-21(30-2)23(20)31-3)26-14-16(11-22(26)27)24(28)25-19-10-6-8-15-7-4-5-9-18(15)19/h4-5,7,9,12-13,16,19H,6,8,10-11,14H2,1-3H3,(H,25,28). The predicted molar refractivity (Wildman–Crippen MR) is 117 cm³/mol. The maximum atomic E-state index is 13.0. The molecular weight excluding hydrogens is 396 g/mol. The van der Waals surface area contributed by atoms with Gasteiger partial charge in [0.15, 0.2) is 11.5 Å². The first-order valence-electron chi connectivity index (χ1n) is 10.5. The Labute approximate surface area is 182 Å². The van der Waals surface area contributed by atoms with E-state index in [4.69, 9.17) is 14.2 Å². The van der Waals surface area contributed by atoms with Crippen molar-refractivity contribution in [3.05, 3.63) is 47.5 Å². The van der Waals surface area contributed by atoms with E-state index in [1.54, 1.807) is 17.0 Å². The largest absolute Gasteiger partial charge is 0.493 e. The summed E-state index contributed by atoms with van der Waals surface area (Å²) in [6.07, 6.45) is 3.18. The lowest BCUT2D eigenvalue weighted by molar-refractivity contribution is -0.127. The van der Waals surface area contributed by atoms with Crippen molar-refractivity contribution >= 4 is 17.5 Å². The van der Waals surface area contributed by atoms with Crippen LogP contribution in [0.4, 0.5) is 5.69 Å². The van der Waals surface area contributed by atoms with Gasteiger partial charge in [-0.3, -0.25) is 9.59 Å². The molecule has 2 aromatic carbocycles. The molecule has 7 nitrogen and oxygen atoms in total. The number of nitrogens with zero attached hydrogens (tertiary/aromatic N) is 1. The average Bonchev–Trinajstić information content (AvgIpc) is 3.20. The van der Waals surface area contributed by atoms with Gasteiger partial charge in [-0.1, -0.05) is 24.3 Å². The fraction of sp³-hybridized carbons (Fsp3) is 0.417. The summed E-state index contributed by atoms with van der Waals surface area (Å²) in [5, 5.41) is 3.19. The molecule has 1 saturated heterocycles. The molecule has 0 saturated carbocycles. The van der Waals surface area contributed by atoms with Crippen molar-refractivity contribution in [2.75, 3.05) is 32.8 Å². The molecule has 7 heteroatoms. The second-order valence-electron chi connectivity index (χ2n) is 7.94. The van der Waals surface area contributed by atoms with E-state index in [1.165, 1.54) is 32.5 Å². The molecule has 1 heterocycles. The van der Waals surface area contributed by atoms with Gasteiger partial charge in [0.2, 0.25) is 17.6 Å². The summed E-state index contributed by atoms with van der Waals surface area (Å²) < 4.78 is 16.2. The highest BCUT2D eigenvalue weighted by Crippen LogP contribution is 2.42. The second-order valence-corrected chi connectivity index (χ2v) is 7.94. The van der Waals surface area contributed by atoms with Gasteiger partial charge in [-0.2, -0.15) is 0 Å². The fourth-order valence-corrected chi connectivity index (χ4v) is 4.55. The van der Waals surface area contributed by atoms with Gasteiger partial charge < -0.3 is 24.4 Å². The normalized spacial score (nSPS) is 20.2. The molecule has 0 spiro atoms. The van der Waals surface area contributed by atoms with Crippen LogP contribution in [0.15, 0.2) is 36.4 Å². The quantitative estimate of drug-likeness (QED) is 0.770. The van der Waals surface area contributed by atoms with Crippen molar-refractivity contribution in [1.82, 2.24) is 5.32 Å². The van der Waals surface area contributed by atoms with Crippen LogP contribution >= 0.6 is 0 Å². The maximum Gasteiger partial charge on any atom is 0.227 e. The molecule has 1 N–H and O–H groups in total. The zero-order valence-corrected chi connectivity index (χ0v) is 18.1. The third-order valence-electron chi connectivity index (χ3n) is 6.14. The van der Waals surface area contributed by atoms with Crippen LogP contribution in [0.1, 0.15) is 36.4 Å². The Balaban J connectivity index is 1.51. The molecule has 164 valence electrons. The lowest BCUT2D eigenvalue weighted by Gasteiger charge is -2.27. The molecule has 2 amide bonds. The smallest absolute Gasteiger partial charge is 0.227 e. The third kappa shape index (κ3) is 4.04. The maximum absolute atomic E-state index is 13.0. The van der Waals surface area contributed by atoms with Crippen LogP contribution in [0.5, 0.6) is 17.2 Å². The molecule has 2 atom stereocenters. The summed E-state index contributed by atoms with van der Waals surface area (Å²) in [6.45, 7) is 0.317. The van der Waals surface area contributed by atoms with Crippen molar-refractivity contribution in [3.63, 3.8) is 0 Å². The molecule has 0 bridgehead atoms. The minimum Gasteiger partial charge on any atom is -0.493 e. The first-order chi connectivity index (χ1) is 15.0. The summed E-state index contributed by atoms with van der Waals surface area (Å²) in [4.78, 5) is 27.4. The minimum atomic E-state index is -0.402. The highest BCUT2D eigenvalue weighted by Gasteiger charge is 2.37. The Morgan fingerprint density at radius 2 is 1.77 bits per heavy atom. The average molecular weight is 424 g/mol. The summed E-state index contributed by atoms with van der Waals surface area (Å²) in [5.74, 6) is 0.822. The van der Waals surface area contributed by atoms with Crippen LogP contribution in [0.3, 0.4) is 0 Å². The van der Waals surface area contributed by atoms with E-state index in [1.807, 2.05) is 12.1 Å². The van der Waals surface area contributed by atoms with Gasteiger partial charge in [0.25, 0.3) is 0 Å². The van der Waals surface area contributed by atoms with E-state index in [-0.39, 0.29) is 24.3 Å². The van der Waals surface area contributed by atoms with E-state index in [0.717, 1.165) is 19.3 Å². The lowest BCUT2D eigenvalue weighted by Crippen LogP contribution is -2.36. The van der Waals surface area contributed by atoms with Crippen LogP contribution < -0.4 is 24.4 Å². The zero-order chi connectivity index (χ0) is 22.0. The number of benzene rings is 2. The van der Waals surface area contributed by atoms with Gasteiger partial charge in [0, 0.05) is 25.1 Å². The first kappa shape index (κ1) is 21.0. The number of amides is 2. The Morgan fingerprint density at radius 3 is 2.45 bits per heavy atom. The highest BCUT2D eigenvalue weighted by molar-refractivity contribution is 6.00. The number of carbonyl (C=O) groups is 2. The van der Waals surface area contributed by atoms with Crippen LogP contribution in [-0.4, -0.2) is 39.7 Å². The van der Waals surface area contributed by atoms with Gasteiger partial charge in [-0.15, -0.1) is 0 Å². The van der Waals surface area contributed by atoms with E-state index >= 15 is 0 Å². The summed E-state index contributed by atoms with van der Waals surface area (Å²) in [6, 6.07) is 11.7.